The number of aryl methyl sites for hydroxylation is 1. The summed E-state index contributed by atoms with van der Waals surface area (Å²) in [5.74, 6) is 5.63. The van der Waals surface area contributed by atoms with Crippen LogP contribution in [0.25, 0.3) is 0 Å². The molecule has 3 aromatic rings. The molecule has 3 N–H and O–H groups in total. The Kier molecular flexibility index (Phi) is 4.81. The van der Waals surface area contributed by atoms with E-state index < -0.39 is 5.25 Å². The molecule has 1 aromatic heterocycles. The molecule has 0 saturated heterocycles. The molecule has 1 atom stereocenters. The molecular formula is C17H17N5OS. The van der Waals surface area contributed by atoms with Crippen LogP contribution in [0, 0.1) is 6.92 Å². The number of nitrogens with two attached hydrogens (primary N) is 1. The number of nitrogens with one attached hydrogen (secondary N) is 1. The van der Waals surface area contributed by atoms with Gasteiger partial charge in [-0.2, -0.15) is 0 Å². The van der Waals surface area contributed by atoms with E-state index in [0.717, 1.165) is 16.8 Å². The van der Waals surface area contributed by atoms with Crippen LogP contribution in [0.4, 0.5) is 5.69 Å². The van der Waals surface area contributed by atoms with Gasteiger partial charge in [0.25, 0.3) is 0 Å². The van der Waals surface area contributed by atoms with E-state index in [9.17, 15) is 4.79 Å². The summed E-state index contributed by atoms with van der Waals surface area (Å²) in [5, 5.41) is 10.6. The van der Waals surface area contributed by atoms with Crippen LogP contribution in [-0.4, -0.2) is 20.8 Å². The zero-order valence-electron chi connectivity index (χ0n) is 13.1. The third-order valence-electron chi connectivity index (χ3n) is 3.42. The quantitative estimate of drug-likeness (QED) is 0.551. The van der Waals surface area contributed by atoms with Crippen LogP contribution in [0.3, 0.4) is 0 Å². The Morgan fingerprint density at radius 1 is 1.17 bits per heavy atom. The Morgan fingerprint density at radius 3 is 2.50 bits per heavy atom. The molecule has 3 rings (SSSR count). The van der Waals surface area contributed by atoms with Gasteiger partial charge in [0.2, 0.25) is 11.1 Å². The van der Waals surface area contributed by atoms with Gasteiger partial charge in [0.1, 0.15) is 11.6 Å². The highest BCUT2D eigenvalue weighted by molar-refractivity contribution is 8.00. The number of aromatic nitrogens is 3. The summed E-state index contributed by atoms with van der Waals surface area (Å²) < 4.78 is 1.31. The molecule has 122 valence electrons. The number of hydrogen-bond donors (Lipinski definition) is 2. The number of thioether (sulfide) groups is 1. The fourth-order valence-corrected chi connectivity index (χ4v) is 3.10. The monoisotopic (exact) mass is 339 g/mol. The summed E-state index contributed by atoms with van der Waals surface area (Å²) in [6, 6.07) is 17.2. The number of nitrogen functional groups attached to an aromatic ring is 1. The Balaban J connectivity index is 1.85. The molecule has 2 aromatic carbocycles. The van der Waals surface area contributed by atoms with Crippen molar-refractivity contribution in [3.8, 4) is 0 Å². The minimum Gasteiger partial charge on any atom is -0.336 e. The highest BCUT2D eigenvalue weighted by Gasteiger charge is 2.24. The molecule has 0 aliphatic heterocycles. The second-order valence-corrected chi connectivity index (χ2v) is 6.36. The van der Waals surface area contributed by atoms with Gasteiger partial charge in [-0.05, 0) is 24.6 Å². The fraction of sp³-hybridized carbons (Fsp3) is 0.118. The van der Waals surface area contributed by atoms with Gasteiger partial charge >= 0.3 is 0 Å². The van der Waals surface area contributed by atoms with E-state index in [1.54, 1.807) is 0 Å². The second kappa shape index (κ2) is 7.18. The molecule has 0 spiro atoms. The Bertz CT molecular complexity index is 817. The van der Waals surface area contributed by atoms with Crippen LogP contribution in [0.1, 0.15) is 16.4 Å². The normalized spacial score (nSPS) is 11.9. The van der Waals surface area contributed by atoms with Gasteiger partial charge in [-0.3, -0.25) is 4.79 Å². The second-order valence-electron chi connectivity index (χ2n) is 5.28. The SMILES string of the molecule is Cc1ccc(NC(=O)[C@H](Sc2nncn2N)c2ccccc2)cc1. The first-order chi connectivity index (χ1) is 11.6. The van der Waals surface area contributed by atoms with E-state index in [1.807, 2.05) is 61.5 Å². The number of carbonyl (C=O) groups is 1. The fourth-order valence-electron chi connectivity index (χ4n) is 2.17. The molecule has 0 saturated carbocycles. The number of anilines is 1. The summed E-state index contributed by atoms with van der Waals surface area (Å²) >= 11 is 1.26. The van der Waals surface area contributed by atoms with Crippen molar-refractivity contribution in [3.63, 3.8) is 0 Å². The molecule has 1 amide bonds. The lowest BCUT2D eigenvalue weighted by Gasteiger charge is -2.16. The molecule has 6 nitrogen and oxygen atoms in total. The van der Waals surface area contributed by atoms with E-state index in [-0.39, 0.29) is 5.91 Å². The van der Waals surface area contributed by atoms with Gasteiger partial charge in [0.05, 0.1) is 0 Å². The minimum absolute atomic E-state index is 0.141. The van der Waals surface area contributed by atoms with Crippen LogP contribution in [0.2, 0.25) is 0 Å². The summed E-state index contributed by atoms with van der Waals surface area (Å²) in [5.41, 5.74) is 2.76. The number of amides is 1. The van der Waals surface area contributed by atoms with Crippen LogP contribution in [0.5, 0.6) is 0 Å². The average Bonchev–Trinajstić information content (AvgIpc) is 3.00. The molecule has 0 radical (unpaired) electrons. The Hall–Kier alpha value is -2.80. The zero-order valence-corrected chi connectivity index (χ0v) is 13.9. The maximum absolute atomic E-state index is 12.8. The van der Waals surface area contributed by atoms with Crippen molar-refractivity contribution in [1.82, 2.24) is 14.9 Å². The average molecular weight is 339 g/mol. The lowest BCUT2D eigenvalue weighted by atomic mass is 10.1. The number of carbonyl (C=O) groups excluding carboxylic acids is 1. The standard InChI is InChI=1S/C17H17N5OS/c1-12-7-9-14(10-8-12)20-16(23)15(13-5-3-2-4-6-13)24-17-21-19-11-22(17)18/h2-11,15H,18H2,1H3,(H,20,23)/t15-/m1/s1. The number of nitrogens with zero attached hydrogens (tertiary/aromatic N) is 3. The topological polar surface area (TPSA) is 85.8 Å². The Labute approximate surface area is 144 Å². The van der Waals surface area contributed by atoms with Crippen LogP contribution in [0.15, 0.2) is 66.1 Å². The van der Waals surface area contributed by atoms with Gasteiger partial charge < -0.3 is 11.2 Å². The predicted molar refractivity (Wildman–Crippen MR) is 95.0 cm³/mol. The molecule has 0 bridgehead atoms. The molecular weight excluding hydrogens is 322 g/mol. The summed E-state index contributed by atoms with van der Waals surface area (Å²) in [6.07, 6.45) is 1.41. The van der Waals surface area contributed by atoms with E-state index in [0.29, 0.717) is 5.16 Å². The van der Waals surface area contributed by atoms with Crippen molar-refractivity contribution in [2.24, 2.45) is 0 Å². The summed E-state index contributed by atoms with van der Waals surface area (Å²) in [6.45, 7) is 2.00. The van der Waals surface area contributed by atoms with Gasteiger partial charge in [-0.25, -0.2) is 4.68 Å². The van der Waals surface area contributed by atoms with E-state index in [4.69, 9.17) is 5.84 Å². The number of hydrogen-bond acceptors (Lipinski definition) is 5. The third-order valence-corrected chi connectivity index (χ3v) is 4.65. The maximum Gasteiger partial charge on any atom is 0.242 e. The highest BCUT2D eigenvalue weighted by atomic mass is 32.2. The number of benzene rings is 2. The third kappa shape index (κ3) is 3.75. The lowest BCUT2D eigenvalue weighted by Crippen LogP contribution is -2.20. The summed E-state index contributed by atoms with van der Waals surface area (Å²) in [7, 11) is 0. The van der Waals surface area contributed by atoms with Gasteiger partial charge in [-0.1, -0.05) is 59.8 Å². The van der Waals surface area contributed by atoms with Crippen molar-refractivity contribution in [1.29, 1.82) is 0 Å². The first-order valence-electron chi connectivity index (χ1n) is 7.38. The Morgan fingerprint density at radius 2 is 1.88 bits per heavy atom. The lowest BCUT2D eigenvalue weighted by molar-refractivity contribution is -0.115. The molecule has 1 heterocycles. The van der Waals surface area contributed by atoms with Crippen molar-refractivity contribution in [2.45, 2.75) is 17.3 Å². The molecule has 0 unspecified atom stereocenters. The van der Waals surface area contributed by atoms with Crippen molar-refractivity contribution in [3.05, 3.63) is 72.1 Å². The molecule has 0 fully saturated rings. The largest absolute Gasteiger partial charge is 0.336 e. The van der Waals surface area contributed by atoms with Crippen LogP contribution in [-0.2, 0) is 4.79 Å². The van der Waals surface area contributed by atoms with Crippen molar-refractivity contribution >= 4 is 23.4 Å². The highest BCUT2D eigenvalue weighted by Crippen LogP contribution is 2.34. The zero-order chi connectivity index (χ0) is 16.9. The van der Waals surface area contributed by atoms with Gasteiger partial charge in [-0.15, -0.1) is 10.2 Å². The minimum atomic E-state index is -0.487. The first-order valence-corrected chi connectivity index (χ1v) is 8.25. The molecule has 0 aliphatic rings. The van der Waals surface area contributed by atoms with Crippen molar-refractivity contribution < 1.29 is 4.79 Å². The first kappa shape index (κ1) is 16.1. The van der Waals surface area contributed by atoms with Crippen LogP contribution >= 0.6 is 11.8 Å². The predicted octanol–water partition coefficient (Wildman–Crippen LogP) is 2.77. The van der Waals surface area contributed by atoms with Crippen molar-refractivity contribution in [2.75, 3.05) is 11.2 Å². The molecule has 7 heteroatoms. The van der Waals surface area contributed by atoms with Gasteiger partial charge in [0.15, 0.2) is 0 Å². The van der Waals surface area contributed by atoms with E-state index >= 15 is 0 Å². The molecule has 0 aliphatic carbocycles. The van der Waals surface area contributed by atoms with Crippen LogP contribution < -0.4 is 11.2 Å². The number of rotatable bonds is 5. The summed E-state index contributed by atoms with van der Waals surface area (Å²) in [4.78, 5) is 12.8. The maximum atomic E-state index is 12.8. The molecule has 24 heavy (non-hydrogen) atoms. The van der Waals surface area contributed by atoms with E-state index in [1.165, 1.54) is 22.8 Å². The smallest absolute Gasteiger partial charge is 0.242 e. The van der Waals surface area contributed by atoms with Gasteiger partial charge in [0, 0.05) is 5.69 Å². The van der Waals surface area contributed by atoms with E-state index in [2.05, 4.69) is 15.5 Å².